The van der Waals surface area contributed by atoms with Gasteiger partial charge in [0.1, 0.15) is 11.2 Å². The molecule has 152 valence electrons. The van der Waals surface area contributed by atoms with Crippen LogP contribution in [0, 0.1) is 0 Å². The van der Waals surface area contributed by atoms with Gasteiger partial charge in [0, 0.05) is 6.54 Å². The molecule has 1 amide bonds. The zero-order valence-corrected chi connectivity index (χ0v) is 16.6. The lowest BCUT2D eigenvalue weighted by Gasteiger charge is -2.10. The average Bonchev–Trinajstić information content (AvgIpc) is 3.43. The minimum atomic E-state index is -0.611. The van der Waals surface area contributed by atoms with Crippen LogP contribution >= 0.6 is 11.3 Å². The van der Waals surface area contributed by atoms with E-state index in [2.05, 4.69) is 20.8 Å². The molecule has 2 aromatic heterocycles. The van der Waals surface area contributed by atoms with E-state index < -0.39 is 5.97 Å². The smallest absolute Gasteiger partial charge is 0.351 e. The number of nitrogens with one attached hydrogen (secondary N) is 1. The van der Waals surface area contributed by atoms with Crippen LogP contribution in [0.4, 0.5) is 0 Å². The molecule has 2 heterocycles. The van der Waals surface area contributed by atoms with Crippen LogP contribution in [0.15, 0.2) is 36.0 Å². The zero-order chi connectivity index (χ0) is 20.6. The summed E-state index contributed by atoms with van der Waals surface area (Å²) in [5.74, 6) is 0.265. The molecule has 0 fully saturated rings. The number of benzene rings is 1. The van der Waals surface area contributed by atoms with E-state index in [9.17, 15) is 9.59 Å². The van der Waals surface area contributed by atoms with Crippen molar-refractivity contribution in [1.82, 2.24) is 25.5 Å². The lowest BCUT2D eigenvalue weighted by Crippen LogP contribution is -2.30. The molecule has 11 heteroatoms. The number of carbonyl (C=O) groups is 2. The van der Waals surface area contributed by atoms with Gasteiger partial charge in [0.2, 0.25) is 0 Å². The Hall–Kier alpha value is -3.47. The molecule has 0 saturated heterocycles. The highest BCUT2D eigenvalue weighted by Gasteiger charge is 2.18. The number of hydrogen-bond acceptors (Lipinski definition) is 9. The fraction of sp³-hybridized carbons (Fsp3) is 0.278. The van der Waals surface area contributed by atoms with Crippen LogP contribution in [-0.4, -0.2) is 59.5 Å². The number of hydrogen-bond donors (Lipinski definition) is 1. The van der Waals surface area contributed by atoms with Crippen molar-refractivity contribution in [3.63, 3.8) is 0 Å². The molecular weight excluding hydrogens is 398 g/mol. The van der Waals surface area contributed by atoms with Gasteiger partial charge in [0.25, 0.3) is 5.91 Å². The molecule has 29 heavy (non-hydrogen) atoms. The molecule has 3 aromatic rings. The first-order valence-electron chi connectivity index (χ1n) is 8.58. The summed E-state index contributed by atoms with van der Waals surface area (Å²) in [6.07, 6.45) is 1.97. The summed E-state index contributed by atoms with van der Waals surface area (Å²) in [6, 6.07) is 7.25. The van der Waals surface area contributed by atoms with E-state index >= 15 is 0 Å². The molecule has 1 N–H and O–H groups in total. The van der Waals surface area contributed by atoms with Gasteiger partial charge in [0.15, 0.2) is 18.1 Å². The standard InChI is InChI=1S/C18H19N5O5S/c1-26-14-4-3-12(9-15(14)27-2)5-7-19-16(24)10-28-18(25)17-13(6-8-29-17)23-11-20-21-22-23/h3-4,6,8-9,11H,5,7,10H2,1-2H3,(H,19,24). The summed E-state index contributed by atoms with van der Waals surface area (Å²) in [5, 5.41) is 15.3. The van der Waals surface area contributed by atoms with Crippen LogP contribution in [0.25, 0.3) is 5.69 Å². The van der Waals surface area contributed by atoms with Crippen molar-refractivity contribution < 1.29 is 23.8 Å². The Labute approximate surface area is 170 Å². The second kappa shape index (κ2) is 9.64. The first-order valence-corrected chi connectivity index (χ1v) is 9.46. The maximum Gasteiger partial charge on any atom is 0.351 e. The number of ether oxygens (including phenoxy) is 3. The highest BCUT2D eigenvalue weighted by Crippen LogP contribution is 2.27. The Morgan fingerprint density at radius 1 is 1.17 bits per heavy atom. The lowest BCUT2D eigenvalue weighted by atomic mass is 10.1. The van der Waals surface area contributed by atoms with Crippen LogP contribution in [0.3, 0.4) is 0 Å². The molecule has 0 aliphatic rings. The quantitative estimate of drug-likeness (QED) is 0.517. The first-order chi connectivity index (χ1) is 14.1. The number of rotatable bonds is 9. The van der Waals surface area contributed by atoms with Crippen LogP contribution in [-0.2, 0) is 16.0 Å². The Kier molecular flexibility index (Phi) is 6.74. The van der Waals surface area contributed by atoms with E-state index in [-0.39, 0.29) is 12.5 Å². The van der Waals surface area contributed by atoms with Gasteiger partial charge in [-0.2, -0.15) is 4.68 Å². The highest BCUT2D eigenvalue weighted by atomic mass is 32.1. The fourth-order valence-corrected chi connectivity index (χ4v) is 3.31. The topological polar surface area (TPSA) is 117 Å². The summed E-state index contributed by atoms with van der Waals surface area (Å²) in [5.41, 5.74) is 1.48. The molecule has 1 aromatic carbocycles. The van der Waals surface area contributed by atoms with Crippen LogP contribution in [0.2, 0.25) is 0 Å². The van der Waals surface area contributed by atoms with Crippen molar-refractivity contribution in [1.29, 1.82) is 0 Å². The molecule has 0 unspecified atom stereocenters. The van der Waals surface area contributed by atoms with Gasteiger partial charge in [-0.25, -0.2) is 4.79 Å². The maximum atomic E-state index is 12.3. The Morgan fingerprint density at radius 3 is 2.72 bits per heavy atom. The SMILES string of the molecule is COc1ccc(CCNC(=O)COC(=O)c2sccc2-n2cnnn2)cc1OC. The normalized spacial score (nSPS) is 10.4. The molecule has 3 rings (SSSR count). The van der Waals surface area contributed by atoms with Crippen LogP contribution in [0.1, 0.15) is 15.2 Å². The van der Waals surface area contributed by atoms with Crippen molar-refractivity contribution >= 4 is 23.2 Å². The minimum absolute atomic E-state index is 0.315. The number of aromatic nitrogens is 4. The summed E-state index contributed by atoms with van der Waals surface area (Å²) >= 11 is 1.18. The van der Waals surface area contributed by atoms with Gasteiger partial charge in [-0.05, 0) is 46.0 Å². The van der Waals surface area contributed by atoms with Gasteiger partial charge in [-0.1, -0.05) is 6.07 Å². The number of esters is 1. The summed E-state index contributed by atoms with van der Waals surface area (Å²) in [7, 11) is 3.14. The van der Waals surface area contributed by atoms with E-state index in [4.69, 9.17) is 14.2 Å². The van der Waals surface area contributed by atoms with E-state index in [1.165, 1.54) is 22.3 Å². The van der Waals surface area contributed by atoms with Crippen LogP contribution < -0.4 is 14.8 Å². The summed E-state index contributed by atoms with van der Waals surface area (Å²) in [6.45, 7) is 0.0124. The van der Waals surface area contributed by atoms with Crippen molar-refractivity contribution in [2.45, 2.75) is 6.42 Å². The first kappa shape index (κ1) is 20.3. The molecule has 0 spiro atoms. The fourth-order valence-electron chi connectivity index (χ4n) is 2.54. The van der Waals surface area contributed by atoms with Crippen molar-refractivity contribution in [2.24, 2.45) is 0 Å². The minimum Gasteiger partial charge on any atom is -0.493 e. The molecule has 0 radical (unpaired) electrons. The average molecular weight is 417 g/mol. The molecule has 0 atom stereocenters. The maximum absolute atomic E-state index is 12.3. The van der Waals surface area contributed by atoms with Crippen LogP contribution in [0.5, 0.6) is 11.5 Å². The summed E-state index contributed by atoms with van der Waals surface area (Å²) in [4.78, 5) is 24.5. The third kappa shape index (κ3) is 5.08. The monoisotopic (exact) mass is 417 g/mol. The Bertz CT molecular complexity index is 973. The predicted molar refractivity (Wildman–Crippen MR) is 104 cm³/mol. The van der Waals surface area contributed by atoms with E-state index in [0.29, 0.717) is 35.0 Å². The molecular formula is C18H19N5O5S. The van der Waals surface area contributed by atoms with E-state index in [0.717, 1.165) is 5.56 Å². The number of thiophene rings is 1. The van der Waals surface area contributed by atoms with E-state index in [1.807, 2.05) is 12.1 Å². The zero-order valence-electron chi connectivity index (χ0n) is 15.8. The van der Waals surface area contributed by atoms with E-state index in [1.54, 1.807) is 31.7 Å². The van der Waals surface area contributed by atoms with Gasteiger partial charge in [-0.3, -0.25) is 4.79 Å². The van der Waals surface area contributed by atoms with Crippen molar-refractivity contribution in [2.75, 3.05) is 27.4 Å². The Balaban J connectivity index is 1.46. The molecule has 10 nitrogen and oxygen atoms in total. The molecule has 0 aliphatic carbocycles. The number of tetrazole rings is 1. The second-order valence-electron chi connectivity index (χ2n) is 5.75. The molecule has 0 saturated carbocycles. The second-order valence-corrected chi connectivity index (χ2v) is 6.67. The summed E-state index contributed by atoms with van der Waals surface area (Å²) < 4.78 is 16.9. The number of amides is 1. The third-order valence-corrected chi connectivity index (χ3v) is 4.83. The lowest BCUT2D eigenvalue weighted by molar-refractivity contribution is -0.124. The highest BCUT2D eigenvalue weighted by molar-refractivity contribution is 7.12. The molecule has 0 bridgehead atoms. The third-order valence-electron chi connectivity index (χ3n) is 3.94. The number of methoxy groups -OCH3 is 2. The van der Waals surface area contributed by atoms with Crippen molar-refractivity contribution in [3.05, 3.63) is 46.4 Å². The number of nitrogens with zero attached hydrogens (tertiary/aromatic N) is 4. The number of carbonyl (C=O) groups excluding carboxylic acids is 2. The predicted octanol–water partition coefficient (Wildman–Crippen LogP) is 1.26. The van der Waals surface area contributed by atoms with Crippen molar-refractivity contribution in [3.8, 4) is 17.2 Å². The van der Waals surface area contributed by atoms with Gasteiger partial charge >= 0.3 is 5.97 Å². The molecule has 0 aliphatic heterocycles. The Morgan fingerprint density at radius 2 is 2.00 bits per heavy atom. The largest absolute Gasteiger partial charge is 0.493 e. The van der Waals surface area contributed by atoms with Gasteiger partial charge in [-0.15, -0.1) is 16.4 Å². The van der Waals surface area contributed by atoms with Gasteiger partial charge < -0.3 is 19.5 Å². The van der Waals surface area contributed by atoms with Gasteiger partial charge in [0.05, 0.1) is 19.9 Å².